The van der Waals surface area contributed by atoms with Crippen molar-refractivity contribution in [3.8, 4) is 0 Å². The Morgan fingerprint density at radius 3 is 2.55 bits per heavy atom. The first-order valence-electron chi connectivity index (χ1n) is 6.61. The van der Waals surface area contributed by atoms with Crippen LogP contribution in [0.2, 0.25) is 0 Å². The van der Waals surface area contributed by atoms with E-state index < -0.39 is 0 Å². The van der Waals surface area contributed by atoms with Gasteiger partial charge < -0.3 is 9.80 Å². The molecule has 2 aromatic rings. The molecule has 1 aliphatic rings. The Labute approximate surface area is 116 Å². The topological polar surface area (TPSA) is 78.0 Å². The number of aromatic nitrogens is 4. The molecule has 0 spiro atoms. The zero-order valence-electron chi connectivity index (χ0n) is 11.1. The monoisotopic (exact) mass is 272 g/mol. The van der Waals surface area contributed by atoms with E-state index in [1.807, 2.05) is 11.0 Å². The number of carbonyl (C=O) groups is 1. The Kier molecular flexibility index (Phi) is 3.58. The highest BCUT2D eigenvalue weighted by Crippen LogP contribution is 2.10. The maximum absolute atomic E-state index is 12.1. The number of rotatable bonds is 3. The third kappa shape index (κ3) is 2.76. The van der Waals surface area contributed by atoms with Crippen molar-refractivity contribution in [1.82, 2.24) is 25.1 Å². The number of amides is 1. The number of H-pyrrole nitrogens is 1. The van der Waals surface area contributed by atoms with E-state index in [4.69, 9.17) is 0 Å². The molecule has 7 nitrogen and oxygen atoms in total. The number of anilines is 1. The number of carbonyl (C=O) groups excluding carboxylic acids is 1. The summed E-state index contributed by atoms with van der Waals surface area (Å²) in [4.78, 5) is 24.6. The summed E-state index contributed by atoms with van der Waals surface area (Å²) in [5.41, 5.74) is 0.851. The quantitative estimate of drug-likeness (QED) is 0.857. The number of hydrogen-bond acceptors (Lipinski definition) is 5. The van der Waals surface area contributed by atoms with E-state index >= 15 is 0 Å². The molecule has 0 unspecified atom stereocenters. The number of nitrogens with one attached hydrogen (secondary N) is 1. The molecule has 3 rings (SSSR count). The molecular weight excluding hydrogens is 256 g/mol. The summed E-state index contributed by atoms with van der Waals surface area (Å²) < 4.78 is 0. The second-order valence-electron chi connectivity index (χ2n) is 4.68. The first-order chi connectivity index (χ1) is 9.83. The third-order valence-electron chi connectivity index (χ3n) is 3.37. The van der Waals surface area contributed by atoms with E-state index in [0.29, 0.717) is 19.5 Å². The lowest BCUT2D eigenvalue weighted by Crippen LogP contribution is -2.49. The van der Waals surface area contributed by atoms with Crippen LogP contribution in [0.15, 0.2) is 30.7 Å². The molecule has 7 heteroatoms. The highest BCUT2D eigenvalue weighted by atomic mass is 16.2. The van der Waals surface area contributed by atoms with E-state index in [-0.39, 0.29) is 5.91 Å². The van der Waals surface area contributed by atoms with Crippen LogP contribution in [0, 0.1) is 0 Å². The molecule has 1 N–H and O–H groups in total. The number of aromatic amines is 1. The zero-order valence-corrected chi connectivity index (χ0v) is 11.1. The molecule has 3 heterocycles. The maximum Gasteiger partial charge on any atom is 0.228 e. The van der Waals surface area contributed by atoms with Crippen LogP contribution in [0.3, 0.4) is 0 Å². The van der Waals surface area contributed by atoms with Gasteiger partial charge in [0.25, 0.3) is 0 Å². The molecule has 0 saturated carbocycles. The maximum atomic E-state index is 12.1. The minimum Gasteiger partial charge on any atom is -0.339 e. The van der Waals surface area contributed by atoms with Crippen LogP contribution in [0.25, 0.3) is 0 Å². The minimum absolute atomic E-state index is 0.128. The summed E-state index contributed by atoms with van der Waals surface area (Å²) in [6.45, 7) is 2.92. The summed E-state index contributed by atoms with van der Waals surface area (Å²) in [5, 5.41) is 6.67. The molecule has 0 radical (unpaired) electrons. The molecule has 0 aliphatic carbocycles. The fraction of sp³-hybridized carbons (Fsp3) is 0.385. The van der Waals surface area contributed by atoms with Gasteiger partial charge in [0.1, 0.15) is 0 Å². The van der Waals surface area contributed by atoms with Gasteiger partial charge in [0.15, 0.2) is 0 Å². The van der Waals surface area contributed by atoms with E-state index in [1.165, 1.54) is 0 Å². The summed E-state index contributed by atoms with van der Waals surface area (Å²) in [6, 6.07) is 3.62. The standard InChI is InChI=1S/C13H16N6O/c20-12(10-11-2-5-16-17-11)18-6-8-19(9-7-18)13-14-3-1-4-15-13/h1-5H,6-10H2,(H,16,17). The SMILES string of the molecule is O=C(Cc1ccn[nH]1)N1CCN(c2ncccn2)CC1. The first kappa shape index (κ1) is 12.6. The molecule has 0 bridgehead atoms. The van der Waals surface area contributed by atoms with Crippen molar-refractivity contribution in [2.45, 2.75) is 6.42 Å². The Morgan fingerprint density at radius 1 is 1.15 bits per heavy atom. The predicted octanol–water partition coefficient (Wildman–Crippen LogP) is 0.0910. The Bertz CT molecular complexity index is 548. The molecule has 1 fully saturated rings. The Hall–Kier alpha value is -2.44. The molecule has 0 aromatic carbocycles. The highest BCUT2D eigenvalue weighted by molar-refractivity contribution is 5.78. The van der Waals surface area contributed by atoms with Crippen molar-refractivity contribution in [1.29, 1.82) is 0 Å². The van der Waals surface area contributed by atoms with Crippen LogP contribution in [0.1, 0.15) is 5.69 Å². The van der Waals surface area contributed by atoms with Crippen LogP contribution >= 0.6 is 0 Å². The second-order valence-corrected chi connectivity index (χ2v) is 4.68. The Morgan fingerprint density at radius 2 is 1.90 bits per heavy atom. The van der Waals surface area contributed by atoms with Gasteiger partial charge in [-0.25, -0.2) is 9.97 Å². The summed E-state index contributed by atoms with van der Waals surface area (Å²) in [6.07, 6.45) is 5.51. The van der Waals surface area contributed by atoms with Gasteiger partial charge >= 0.3 is 0 Å². The number of nitrogens with zero attached hydrogens (tertiary/aromatic N) is 5. The summed E-state index contributed by atoms with van der Waals surface area (Å²) in [7, 11) is 0. The number of hydrogen-bond donors (Lipinski definition) is 1. The van der Waals surface area contributed by atoms with Crippen LogP contribution in [0.4, 0.5) is 5.95 Å². The van der Waals surface area contributed by atoms with Crippen LogP contribution in [-0.2, 0) is 11.2 Å². The molecule has 1 saturated heterocycles. The zero-order chi connectivity index (χ0) is 13.8. The number of piperazine rings is 1. The van der Waals surface area contributed by atoms with Crippen molar-refractivity contribution in [3.63, 3.8) is 0 Å². The van der Waals surface area contributed by atoms with Crippen molar-refractivity contribution < 1.29 is 4.79 Å². The molecule has 1 amide bonds. The third-order valence-corrected chi connectivity index (χ3v) is 3.37. The van der Waals surface area contributed by atoms with Crippen molar-refractivity contribution in [3.05, 3.63) is 36.4 Å². The van der Waals surface area contributed by atoms with E-state index in [2.05, 4.69) is 25.1 Å². The first-order valence-corrected chi connectivity index (χ1v) is 6.61. The van der Waals surface area contributed by atoms with E-state index in [1.54, 1.807) is 24.7 Å². The lowest BCUT2D eigenvalue weighted by Gasteiger charge is -2.34. The highest BCUT2D eigenvalue weighted by Gasteiger charge is 2.22. The largest absolute Gasteiger partial charge is 0.339 e. The Balaban J connectivity index is 1.54. The lowest BCUT2D eigenvalue weighted by atomic mass is 10.2. The van der Waals surface area contributed by atoms with Gasteiger partial charge in [-0.3, -0.25) is 9.89 Å². The summed E-state index contributed by atoms with van der Waals surface area (Å²) >= 11 is 0. The van der Waals surface area contributed by atoms with Gasteiger partial charge in [-0.15, -0.1) is 0 Å². The summed E-state index contributed by atoms with van der Waals surface area (Å²) in [5.74, 6) is 0.857. The van der Waals surface area contributed by atoms with E-state index in [0.717, 1.165) is 24.7 Å². The molecule has 104 valence electrons. The minimum atomic E-state index is 0.128. The molecule has 0 atom stereocenters. The van der Waals surface area contributed by atoms with Gasteiger partial charge in [-0.1, -0.05) is 0 Å². The van der Waals surface area contributed by atoms with Crippen molar-refractivity contribution in [2.24, 2.45) is 0 Å². The van der Waals surface area contributed by atoms with Gasteiger partial charge in [0, 0.05) is 50.5 Å². The normalized spacial score (nSPS) is 15.4. The van der Waals surface area contributed by atoms with E-state index in [9.17, 15) is 4.79 Å². The smallest absolute Gasteiger partial charge is 0.228 e. The fourth-order valence-electron chi connectivity index (χ4n) is 2.27. The van der Waals surface area contributed by atoms with Crippen LogP contribution in [0.5, 0.6) is 0 Å². The second kappa shape index (κ2) is 5.68. The molecular formula is C13H16N6O. The van der Waals surface area contributed by atoms with Gasteiger partial charge in [-0.2, -0.15) is 5.10 Å². The van der Waals surface area contributed by atoms with Gasteiger partial charge in [0.2, 0.25) is 11.9 Å². The van der Waals surface area contributed by atoms with Crippen molar-refractivity contribution in [2.75, 3.05) is 31.1 Å². The molecule has 2 aromatic heterocycles. The average Bonchev–Trinajstić information content (AvgIpc) is 3.01. The average molecular weight is 272 g/mol. The van der Waals surface area contributed by atoms with Crippen LogP contribution < -0.4 is 4.90 Å². The van der Waals surface area contributed by atoms with Crippen molar-refractivity contribution >= 4 is 11.9 Å². The van der Waals surface area contributed by atoms with Gasteiger partial charge in [-0.05, 0) is 12.1 Å². The predicted molar refractivity (Wildman–Crippen MR) is 73.1 cm³/mol. The van der Waals surface area contributed by atoms with Gasteiger partial charge in [0.05, 0.1) is 6.42 Å². The van der Waals surface area contributed by atoms with Crippen LogP contribution in [-0.4, -0.2) is 57.2 Å². The molecule has 1 aliphatic heterocycles. The lowest BCUT2D eigenvalue weighted by molar-refractivity contribution is -0.130. The molecule has 20 heavy (non-hydrogen) atoms. The fourth-order valence-corrected chi connectivity index (χ4v) is 2.27.